The monoisotopic (exact) mass is 346 g/mol. The van der Waals surface area contributed by atoms with Crippen LogP contribution in [0, 0.1) is 12.8 Å². The molecule has 2 unspecified atom stereocenters. The first-order valence-electron chi connectivity index (χ1n) is 8.82. The first-order valence-corrected chi connectivity index (χ1v) is 9.70. The van der Waals surface area contributed by atoms with Gasteiger partial charge in [0.15, 0.2) is 0 Å². The Hall–Kier alpha value is -1.49. The second kappa shape index (κ2) is 7.18. The Balaban J connectivity index is 1.66. The van der Waals surface area contributed by atoms with Gasteiger partial charge in [0, 0.05) is 6.04 Å². The first-order chi connectivity index (χ1) is 11.5. The Kier molecular flexibility index (Phi) is 5.18. The highest BCUT2D eigenvalue weighted by molar-refractivity contribution is 8.14. The number of hydrogen-bond acceptors (Lipinski definition) is 3. The zero-order valence-corrected chi connectivity index (χ0v) is 15.4. The number of thioether (sulfide) groups is 1. The van der Waals surface area contributed by atoms with Crippen molar-refractivity contribution in [3.63, 3.8) is 0 Å². The molecule has 2 fully saturated rings. The lowest BCUT2D eigenvalue weighted by Crippen LogP contribution is -2.48. The van der Waals surface area contributed by atoms with Crippen molar-refractivity contribution in [2.75, 3.05) is 0 Å². The Bertz CT molecular complexity index is 608. The number of nitrogens with one attached hydrogen (secondary N) is 1. The second-order valence-electron chi connectivity index (χ2n) is 7.23. The maximum Gasteiger partial charge on any atom is 0.325 e. The number of amides is 3. The quantitative estimate of drug-likeness (QED) is 0.830. The molecule has 5 heteroatoms. The summed E-state index contributed by atoms with van der Waals surface area (Å²) in [5.74, 6) is 0.743. The van der Waals surface area contributed by atoms with Crippen molar-refractivity contribution in [3.05, 3.63) is 35.4 Å². The average molecular weight is 346 g/mol. The first kappa shape index (κ1) is 17.3. The van der Waals surface area contributed by atoms with Crippen molar-refractivity contribution in [1.82, 2.24) is 10.2 Å². The third kappa shape index (κ3) is 3.61. The van der Waals surface area contributed by atoms with E-state index < -0.39 is 0 Å². The molecule has 2 aliphatic rings. The van der Waals surface area contributed by atoms with Gasteiger partial charge in [-0.2, -0.15) is 0 Å². The van der Waals surface area contributed by atoms with Crippen LogP contribution in [0.4, 0.5) is 9.59 Å². The highest BCUT2D eigenvalue weighted by Crippen LogP contribution is 2.43. The molecule has 1 aromatic rings. The van der Waals surface area contributed by atoms with Crippen molar-refractivity contribution in [1.29, 1.82) is 0 Å². The summed E-state index contributed by atoms with van der Waals surface area (Å²) in [6.45, 7) is 6.27. The van der Waals surface area contributed by atoms with E-state index in [-0.39, 0.29) is 28.6 Å². The topological polar surface area (TPSA) is 49.4 Å². The molecule has 2 atom stereocenters. The molecule has 0 aromatic heterocycles. The largest absolute Gasteiger partial charge is 0.335 e. The molecule has 130 valence electrons. The fraction of sp³-hybridized carbons (Fsp3) is 0.579. The van der Waals surface area contributed by atoms with E-state index in [1.165, 1.54) is 22.2 Å². The maximum absolute atomic E-state index is 12.6. The van der Waals surface area contributed by atoms with E-state index in [9.17, 15) is 9.59 Å². The molecule has 0 bridgehead atoms. The maximum atomic E-state index is 12.6. The van der Waals surface area contributed by atoms with Gasteiger partial charge in [-0.15, -0.1) is 0 Å². The molecular formula is C19H26N2O2S. The van der Waals surface area contributed by atoms with Crippen LogP contribution in [-0.2, 0) is 0 Å². The minimum absolute atomic E-state index is 0.00947. The molecule has 24 heavy (non-hydrogen) atoms. The van der Waals surface area contributed by atoms with Gasteiger partial charge in [-0.3, -0.25) is 9.69 Å². The fourth-order valence-electron chi connectivity index (χ4n) is 3.58. The molecule has 1 N–H and O–H groups in total. The van der Waals surface area contributed by atoms with E-state index in [0.29, 0.717) is 0 Å². The van der Waals surface area contributed by atoms with Crippen molar-refractivity contribution in [3.8, 4) is 0 Å². The van der Waals surface area contributed by atoms with E-state index in [1.54, 1.807) is 0 Å². The summed E-state index contributed by atoms with van der Waals surface area (Å²) in [6, 6.07) is 8.07. The summed E-state index contributed by atoms with van der Waals surface area (Å²) in [7, 11) is 0. The Morgan fingerprint density at radius 3 is 2.38 bits per heavy atom. The number of rotatable bonds is 2. The third-order valence-electron chi connectivity index (χ3n) is 5.24. The van der Waals surface area contributed by atoms with Gasteiger partial charge < -0.3 is 5.32 Å². The molecule has 1 aromatic carbocycles. The zero-order valence-electron chi connectivity index (χ0n) is 14.6. The van der Waals surface area contributed by atoms with E-state index in [2.05, 4.69) is 36.5 Å². The van der Waals surface area contributed by atoms with Gasteiger partial charge in [0.1, 0.15) is 0 Å². The molecule has 0 spiro atoms. The van der Waals surface area contributed by atoms with E-state index >= 15 is 0 Å². The third-order valence-corrected chi connectivity index (χ3v) is 6.56. The molecule has 0 radical (unpaired) electrons. The molecule has 1 saturated heterocycles. The van der Waals surface area contributed by atoms with Gasteiger partial charge >= 0.3 is 6.03 Å². The molecule has 1 heterocycles. The summed E-state index contributed by atoms with van der Waals surface area (Å²) in [4.78, 5) is 26.4. The molecule has 3 rings (SSSR count). The summed E-state index contributed by atoms with van der Waals surface area (Å²) in [5, 5.41) is 2.94. The van der Waals surface area contributed by atoms with Crippen molar-refractivity contribution >= 4 is 23.0 Å². The number of aryl methyl sites for hydroxylation is 1. The van der Waals surface area contributed by atoms with Crippen LogP contribution in [0.2, 0.25) is 0 Å². The molecule has 1 aliphatic heterocycles. The van der Waals surface area contributed by atoms with Crippen molar-refractivity contribution in [2.24, 2.45) is 5.92 Å². The summed E-state index contributed by atoms with van der Waals surface area (Å²) >= 11 is 1.26. The summed E-state index contributed by atoms with van der Waals surface area (Å²) in [6.07, 6.45) is 4.32. The predicted molar refractivity (Wildman–Crippen MR) is 98.2 cm³/mol. The standard InChI is InChI=1S/C19H26N2O2S/c1-12-4-8-15(9-5-12)17-14(3)21(19(23)24-17)18(22)20-16-10-6-13(2)7-11-16/h4-5,8-9,13-14,16-17H,6-7,10-11H2,1-3H3,(H,20,22). The van der Waals surface area contributed by atoms with Gasteiger partial charge in [0.05, 0.1) is 11.3 Å². The Morgan fingerprint density at radius 1 is 1.12 bits per heavy atom. The van der Waals surface area contributed by atoms with Gasteiger partial charge in [-0.25, -0.2) is 4.79 Å². The van der Waals surface area contributed by atoms with E-state index in [4.69, 9.17) is 0 Å². The fourth-order valence-corrected chi connectivity index (χ4v) is 4.78. The van der Waals surface area contributed by atoms with Crippen LogP contribution in [0.25, 0.3) is 0 Å². The minimum Gasteiger partial charge on any atom is -0.335 e. The lowest BCUT2D eigenvalue weighted by molar-refractivity contribution is 0.182. The smallest absolute Gasteiger partial charge is 0.325 e. The van der Waals surface area contributed by atoms with Crippen LogP contribution in [0.3, 0.4) is 0 Å². The normalized spacial score (nSPS) is 30.5. The van der Waals surface area contributed by atoms with E-state index in [1.807, 2.05) is 13.8 Å². The van der Waals surface area contributed by atoms with E-state index in [0.717, 1.165) is 37.2 Å². The average Bonchev–Trinajstić information content (AvgIpc) is 2.85. The van der Waals surface area contributed by atoms with Gasteiger partial charge in [-0.1, -0.05) is 48.5 Å². The lowest BCUT2D eigenvalue weighted by Gasteiger charge is -2.29. The minimum atomic E-state index is -0.228. The Labute approximate surface area is 148 Å². The van der Waals surface area contributed by atoms with Crippen LogP contribution in [-0.4, -0.2) is 28.3 Å². The van der Waals surface area contributed by atoms with Crippen molar-refractivity contribution in [2.45, 2.75) is 63.8 Å². The van der Waals surface area contributed by atoms with Gasteiger partial charge in [-0.05, 0) is 51.0 Å². The van der Waals surface area contributed by atoms with Crippen LogP contribution in [0.1, 0.15) is 55.9 Å². The zero-order chi connectivity index (χ0) is 17.3. The van der Waals surface area contributed by atoms with Crippen LogP contribution in [0.15, 0.2) is 24.3 Å². The highest BCUT2D eigenvalue weighted by Gasteiger charge is 2.42. The lowest BCUT2D eigenvalue weighted by atomic mass is 9.87. The number of benzene rings is 1. The van der Waals surface area contributed by atoms with Crippen LogP contribution >= 0.6 is 11.8 Å². The number of nitrogens with zero attached hydrogens (tertiary/aromatic N) is 1. The van der Waals surface area contributed by atoms with Crippen LogP contribution < -0.4 is 5.32 Å². The molecule has 1 saturated carbocycles. The summed E-state index contributed by atoms with van der Waals surface area (Å²) in [5.41, 5.74) is 2.30. The molecule has 1 aliphatic carbocycles. The highest BCUT2D eigenvalue weighted by atomic mass is 32.2. The second-order valence-corrected chi connectivity index (χ2v) is 8.32. The SMILES string of the molecule is Cc1ccc(C2SC(=O)N(C(=O)NC3CCC(C)CC3)C2C)cc1. The number of imide groups is 1. The number of carbonyl (C=O) groups is 2. The van der Waals surface area contributed by atoms with Crippen LogP contribution in [0.5, 0.6) is 0 Å². The van der Waals surface area contributed by atoms with Gasteiger partial charge in [0.25, 0.3) is 5.24 Å². The predicted octanol–water partition coefficient (Wildman–Crippen LogP) is 4.88. The number of carbonyl (C=O) groups excluding carboxylic acids is 2. The molecule has 4 nitrogen and oxygen atoms in total. The van der Waals surface area contributed by atoms with Gasteiger partial charge in [0.2, 0.25) is 0 Å². The molecular weight excluding hydrogens is 320 g/mol. The molecule has 3 amide bonds. The number of hydrogen-bond donors (Lipinski definition) is 1. The summed E-state index contributed by atoms with van der Waals surface area (Å²) < 4.78 is 0. The van der Waals surface area contributed by atoms with Crippen molar-refractivity contribution < 1.29 is 9.59 Å². The Morgan fingerprint density at radius 2 is 1.75 bits per heavy atom. The number of urea groups is 1.